The third kappa shape index (κ3) is 3.97. The van der Waals surface area contributed by atoms with Gasteiger partial charge in [0, 0.05) is 12.6 Å². The van der Waals surface area contributed by atoms with Crippen LogP contribution in [0.5, 0.6) is 0 Å². The number of sulfonamides is 1. The van der Waals surface area contributed by atoms with Gasteiger partial charge < -0.3 is 4.57 Å². The van der Waals surface area contributed by atoms with Crippen LogP contribution in [0.1, 0.15) is 5.56 Å². The third-order valence-corrected chi connectivity index (χ3v) is 5.73. The van der Waals surface area contributed by atoms with Gasteiger partial charge in [-0.05, 0) is 30.0 Å². The van der Waals surface area contributed by atoms with Crippen molar-refractivity contribution in [2.24, 2.45) is 11.4 Å². The molecule has 0 N–H and O–H groups in total. The molecule has 134 valence electrons. The van der Waals surface area contributed by atoms with Crippen molar-refractivity contribution in [2.45, 2.75) is 10.1 Å². The van der Waals surface area contributed by atoms with Gasteiger partial charge in [0.25, 0.3) is 10.0 Å². The van der Waals surface area contributed by atoms with E-state index in [1.54, 1.807) is 41.9 Å². The summed E-state index contributed by atoms with van der Waals surface area (Å²) in [6.07, 6.45) is 1.45. The van der Waals surface area contributed by atoms with Crippen LogP contribution in [0.3, 0.4) is 0 Å². The van der Waals surface area contributed by atoms with E-state index >= 15 is 0 Å². The molecule has 0 saturated carbocycles. The summed E-state index contributed by atoms with van der Waals surface area (Å²) in [4.78, 5) is -0.829. The van der Waals surface area contributed by atoms with Crippen LogP contribution in [0.15, 0.2) is 69.3 Å². The number of hydrogen-bond donors (Lipinski definition) is 0. The average molecular weight is 394 g/mol. The van der Waals surface area contributed by atoms with Crippen LogP contribution in [0.25, 0.3) is 0 Å². The van der Waals surface area contributed by atoms with Gasteiger partial charge in [0.15, 0.2) is 5.16 Å². The van der Waals surface area contributed by atoms with E-state index in [9.17, 15) is 17.2 Å². The summed E-state index contributed by atoms with van der Waals surface area (Å²) in [6, 6.07) is 10.7. The lowest BCUT2D eigenvalue weighted by molar-refractivity contribution is 0.554. The molecule has 0 radical (unpaired) electrons. The van der Waals surface area contributed by atoms with Gasteiger partial charge in [0.05, 0.1) is 0 Å². The van der Waals surface area contributed by atoms with Gasteiger partial charge in [-0.3, -0.25) is 0 Å². The van der Waals surface area contributed by atoms with Gasteiger partial charge in [-0.1, -0.05) is 30.3 Å². The molecule has 0 spiro atoms. The van der Waals surface area contributed by atoms with E-state index < -0.39 is 26.6 Å². The first-order valence-electron chi connectivity index (χ1n) is 7.24. The molecule has 6 nitrogen and oxygen atoms in total. The number of aromatic nitrogens is 3. The normalized spacial score (nSPS) is 12.3. The van der Waals surface area contributed by atoms with Crippen molar-refractivity contribution < 1.29 is 17.2 Å². The van der Waals surface area contributed by atoms with Gasteiger partial charge in [-0.15, -0.1) is 10.2 Å². The maximum atomic E-state index is 13.9. The number of halogens is 2. The molecule has 26 heavy (non-hydrogen) atoms. The number of benzene rings is 2. The summed E-state index contributed by atoms with van der Waals surface area (Å²) >= 11 is 0.951. The zero-order valence-corrected chi connectivity index (χ0v) is 15.0. The molecule has 0 bridgehead atoms. The molecule has 3 aromatic rings. The Balaban J connectivity index is 2.11. The molecular formula is C16H12F2N4O2S2. The predicted molar refractivity (Wildman–Crippen MR) is 93.4 cm³/mol. The van der Waals surface area contributed by atoms with E-state index in [4.69, 9.17) is 0 Å². The van der Waals surface area contributed by atoms with Crippen molar-refractivity contribution >= 4 is 26.8 Å². The molecule has 1 aromatic heterocycles. The van der Waals surface area contributed by atoms with Crippen molar-refractivity contribution in [2.75, 3.05) is 0 Å². The highest BCUT2D eigenvalue weighted by Gasteiger charge is 2.22. The Bertz CT molecular complexity index is 1070. The highest BCUT2D eigenvalue weighted by molar-refractivity contribution is 8.15. The summed E-state index contributed by atoms with van der Waals surface area (Å²) in [5.74, 6) is -1.95. The van der Waals surface area contributed by atoms with Crippen LogP contribution in [-0.2, 0) is 17.1 Å². The molecule has 2 aromatic carbocycles. The van der Waals surface area contributed by atoms with E-state index in [1.807, 2.05) is 0 Å². The minimum Gasteiger partial charge on any atom is -0.311 e. The molecule has 0 atom stereocenters. The highest BCUT2D eigenvalue weighted by atomic mass is 32.2. The first kappa shape index (κ1) is 18.2. The minimum absolute atomic E-state index is 0.0605. The van der Waals surface area contributed by atoms with Crippen molar-refractivity contribution in [1.82, 2.24) is 14.8 Å². The number of aryl methyl sites for hydroxylation is 1. The zero-order valence-electron chi connectivity index (χ0n) is 13.4. The molecular weight excluding hydrogens is 382 g/mol. The molecule has 0 saturated heterocycles. The molecule has 10 heteroatoms. The largest absolute Gasteiger partial charge is 0.311 e. The second kappa shape index (κ2) is 7.34. The summed E-state index contributed by atoms with van der Waals surface area (Å²) in [7, 11) is -2.80. The molecule has 0 unspecified atom stereocenters. The summed E-state index contributed by atoms with van der Waals surface area (Å²) < 4.78 is 57.7. The number of nitrogens with zero attached hydrogens (tertiary/aromatic N) is 4. The Labute approximate surface area is 152 Å². The Morgan fingerprint density at radius 2 is 1.88 bits per heavy atom. The molecule has 1 heterocycles. The quantitative estimate of drug-likeness (QED) is 0.386. The fourth-order valence-electron chi connectivity index (χ4n) is 2.00. The maximum Gasteiger partial charge on any atom is 0.286 e. The van der Waals surface area contributed by atoms with Crippen LogP contribution in [0.2, 0.25) is 0 Å². The number of thioether (sulfide) groups is 1. The number of hydrogen-bond acceptors (Lipinski definition) is 5. The first-order chi connectivity index (χ1) is 12.4. The van der Waals surface area contributed by atoms with Crippen LogP contribution < -0.4 is 0 Å². The summed E-state index contributed by atoms with van der Waals surface area (Å²) in [5.41, 5.74) is 0.487. The van der Waals surface area contributed by atoms with E-state index in [-0.39, 0.29) is 5.04 Å². The molecule has 0 fully saturated rings. The smallest absolute Gasteiger partial charge is 0.286 e. The van der Waals surface area contributed by atoms with Crippen molar-refractivity contribution in [3.63, 3.8) is 0 Å². The van der Waals surface area contributed by atoms with Gasteiger partial charge in [0.1, 0.15) is 27.9 Å². The highest BCUT2D eigenvalue weighted by Crippen LogP contribution is 2.25. The van der Waals surface area contributed by atoms with Crippen molar-refractivity contribution in [3.8, 4) is 0 Å². The van der Waals surface area contributed by atoms with Gasteiger partial charge >= 0.3 is 0 Å². The van der Waals surface area contributed by atoms with Crippen LogP contribution in [0.4, 0.5) is 8.78 Å². The molecule has 0 amide bonds. The summed E-state index contributed by atoms with van der Waals surface area (Å²) in [6.45, 7) is 0. The minimum atomic E-state index is -4.48. The van der Waals surface area contributed by atoms with Crippen molar-refractivity contribution in [1.29, 1.82) is 0 Å². The molecule has 3 rings (SSSR count). The standard InChI is InChI=1S/C16H12F2N4O2S2/c1-22-10-19-20-16(22)25-15(11-5-3-2-4-6-11)21-26(23,24)14-9-12(17)7-8-13(14)18/h2-10H,1H3/b21-15-. The van der Waals surface area contributed by atoms with Gasteiger partial charge in [-0.25, -0.2) is 8.78 Å². The van der Waals surface area contributed by atoms with E-state index in [0.29, 0.717) is 16.8 Å². The summed E-state index contributed by atoms with van der Waals surface area (Å²) in [5, 5.41) is 8.06. The Hall–Kier alpha value is -2.59. The molecule has 0 aliphatic heterocycles. The third-order valence-electron chi connectivity index (χ3n) is 3.25. The fourth-order valence-corrected chi connectivity index (χ4v) is 4.14. The van der Waals surface area contributed by atoms with Gasteiger partial charge in [0.2, 0.25) is 0 Å². The average Bonchev–Trinajstić information content (AvgIpc) is 3.02. The van der Waals surface area contributed by atoms with Gasteiger partial charge in [-0.2, -0.15) is 12.8 Å². The Morgan fingerprint density at radius 3 is 2.54 bits per heavy atom. The van der Waals surface area contributed by atoms with E-state index in [1.165, 1.54) is 6.33 Å². The van der Waals surface area contributed by atoms with Crippen molar-refractivity contribution in [3.05, 3.63) is 72.1 Å². The zero-order chi connectivity index (χ0) is 18.7. The van der Waals surface area contributed by atoms with E-state index in [0.717, 1.165) is 23.9 Å². The monoisotopic (exact) mass is 394 g/mol. The Morgan fingerprint density at radius 1 is 1.15 bits per heavy atom. The Kier molecular flexibility index (Phi) is 5.14. The fraction of sp³-hybridized carbons (Fsp3) is 0.0625. The topological polar surface area (TPSA) is 77.2 Å². The lowest BCUT2D eigenvalue weighted by Crippen LogP contribution is -2.07. The lowest BCUT2D eigenvalue weighted by Gasteiger charge is -2.07. The second-order valence-corrected chi connectivity index (χ2v) is 7.67. The van der Waals surface area contributed by atoms with Crippen LogP contribution in [0, 0.1) is 11.6 Å². The van der Waals surface area contributed by atoms with E-state index in [2.05, 4.69) is 14.6 Å². The van der Waals surface area contributed by atoms with Crippen LogP contribution in [-0.4, -0.2) is 28.2 Å². The second-order valence-electron chi connectivity index (χ2n) is 5.14. The number of rotatable bonds is 4. The molecule has 0 aliphatic rings. The lowest BCUT2D eigenvalue weighted by atomic mass is 10.2. The predicted octanol–water partition coefficient (Wildman–Crippen LogP) is 3.02. The SMILES string of the molecule is Cn1cnnc1S/C(=N\S(=O)(=O)c1cc(F)ccc1F)c1ccccc1. The first-order valence-corrected chi connectivity index (χ1v) is 9.50. The maximum absolute atomic E-state index is 13.9. The van der Waals surface area contributed by atoms with Crippen LogP contribution >= 0.6 is 11.8 Å². The molecule has 0 aliphatic carbocycles.